The molecule has 1 fully saturated rings. The van der Waals surface area contributed by atoms with Gasteiger partial charge in [0.2, 0.25) is 10.0 Å². The van der Waals surface area contributed by atoms with Gasteiger partial charge in [0, 0.05) is 17.6 Å². The average Bonchev–Trinajstić information content (AvgIpc) is 2.33. The Morgan fingerprint density at radius 1 is 1.18 bits per heavy atom. The minimum absolute atomic E-state index is 0.242. The molecule has 0 aliphatic carbocycles. The second-order valence-electron chi connectivity index (χ2n) is 4.04. The highest BCUT2D eigenvalue weighted by Crippen LogP contribution is 2.25. The summed E-state index contributed by atoms with van der Waals surface area (Å²) < 4.78 is 40.0. The average molecular weight is 322 g/mol. The first-order valence-electron chi connectivity index (χ1n) is 5.47. The lowest BCUT2D eigenvalue weighted by atomic mass is 10.2. The van der Waals surface area contributed by atoms with Crippen LogP contribution < -0.4 is 0 Å². The van der Waals surface area contributed by atoms with E-state index < -0.39 is 15.8 Å². The van der Waals surface area contributed by atoms with Gasteiger partial charge in [0.1, 0.15) is 10.7 Å². The number of hydrogen-bond acceptors (Lipinski definition) is 2. The monoisotopic (exact) mass is 321 g/mol. The maximum atomic E-state index is 13.6. The molecule has 1 heterocycles. The predicted molar refractivity (Wildman–Crippen MR) is 66.7 cm³/mol. The third-order valence-electron chi connectivity index (χ3n) is 2.83. The molecule has 17 heavy (non-hydrogen) atoms. The number of piperidine rings is 1. The molecular weight excluding hydrogens is 309 g/mol. The van der Waals surface area contributed by atoms with Crippen molar-refractivity contribution in [3.63, 3.8) is 0 Å². The van der Waals surface area contributed by atoms with Crippen LogP contribution in [0, 0.1) is 5.82 Å². The van der Waals surface area contributed by atoms with Crippen LogP contribution in [0.5, 0.6) is 0 Å². The molecule has 3 nitrogen and oxygen atoms in total. The quantitative estimate of drug-likeness (QED) is 0.840. The Morgan fingerprint density at radius 2 is 1.82 bits per heavy atom. The van der Waals surface area contributed by atoms with Crippen LogP contribution in [-0.4, -0.2) is 25.8 Å². The fraction of sp³-hybridized carbons (Fsp3) is 0.455. The van der Waals surface area contributed by atoms with Crippen LogP contribution in [0.15, 0.2) is 27.6 Å². The fourth-order valence-corrected chi connectivity index (χ4v) is 4.04. The Labute approximate surface area is 109 Å². The molecule has 0 aromatic heterocycles. The van der Waals surface area contributed by atoms with Crippen molar-refractivity contribution < 1.29 is 12.8 Å². The van der Waals surface area contributed by atoms with E-state index in [4.69, 9.17) is 0 Å². The van der Waals surface area contributed by atoms with E-state index in [1.807, 2.05) is 0 Å². The second-order valence-corrected chi connectivity index (χ2v) is 6.86. The molecule has 94 valence electrons. The van der Waals surface area contributed by atoms with E-state index >= 15 is 0 Å². The molecule has 1 aromatic carbocycles. The van der Waals surface area contributed by atoms with Crippen LogP contribution in [-0.2, 0) is 10.0 Å². The van der Waals surface area contributed by atoms with Crippen LogP contribution in [0.2, 0.25) is 0 Å². The van der Waals surface area contributed by atoms with Gasteiger partial charge in [-0.25, -0.2) is 12.8 Å². The minimum atomic E-state index is -3.69. The Kier molecular flexibility index (Phi) is 3.85. The van der Waals surface area contributed by atoms with Crippen molar-refractivity contribution in [3.8, 4) is 0 Å². The molecule has 2 rings (SSSR count). The molecule has 0 amide bonds. The fourth-order valence-electron chi connectivity index (χ4n) is 1.92. The molecule has 1 saturated heterocycles. The first-order chi connectivity index (χ1) is 8.01. The summed E-state index contributed by atoms with van der Waals surface area (Å²) in [6.45, 7) is 0.961. The van der Waals surface area contributed by atoms with Crippen molar-refractivity contribution in [2.75, 3.05) is 13.1 Å². The molecule has 0 radical (unpaired) electrons. The predicted octanol–water partition coefficient (Wildman–Crippen LogP) is 2.76. The molecule has 0 saturated carbocycles. The van der Waals surface area contributed by atoms with E-state index in [1.54, 1.807) is 0 Å². The van der Waals surface area contributed by atoms with Crippen molar-refractivity contribution in [2.45, 2.75) is 24.2 Å². The lowest BCUT2D eigenvalue weighted by Gasteiger charge is -2.26. The summed E-state index contributed by atoms with van der Waals surface area (Å²) in [5.74, 6) is -0.696. The number of sulfonamides is 1. The third kappa shape index (κ3) is 2.69. The van der Waals surface area contributed by atoms with Crippen LogP contribution in [0.3, 0.4) is 0 Å². The Bertz CT molecular complexity index is 512. The molecule has 6 heteroatoms. The van der Waals surface area contributed by atoms with Crippen molar-refractivity contribution in [2.24, 2.45) is 0 Å². The van der Waals surface area contributed by atoms with E-state index in [1.165, 1.54) is 22.5 Å². The normalized spacial score (nSPS) is 18.2. The summed E-state index contributed by atoms with van der Waals surface area (Å²) in [6, 6.07) is 3.98. The maximum absolute atomic E-state index is 13.6. The molecule has 0 atom stereocenters. The number of hydrogen-bond donors (Lipinski definition) is 0. The molecule has 1 aliphatic rings. The topological polar surface area (TPSA) is 37.4 Å². The highest BCUT2D eigenvalue weighted by Gasteiger charge is 2.28. The maximum Gasteiger partial charge on any atom is 0.246 e. The van der Waals surface area contributed by atoms with Crippen molar-refractivity contribution in [3.05, 3.63) is 28.5 Å². The summed E-state index contributed by atoms with van der Waals surface area (Å²) in [4.78, 5) is -0.242. The Hall–Kier alpha value is -0.460. The van der Waals surface area contributed by atoms with Gasteiger partial charge < -0.3 is 0 Å². The zero-order chi connectivity index (χ0) is 12.5. The Balaban J connectivity index is 2.40. The zero-order valence-electron chi connectivity index (χ0n) is 9.20. The lowest BCUT2D eigenvalue weighted by Crippen LogP contribution is -2.36. The third-order valence-corrected chi connectivity index (χ3v) is 5.23. The highest BCUT2D eigenvalue weighted by molar-refractivity contribution is 9.10. The van der Waals surface area contributed by atoms with E-state index in [0.717, 1.165) is 19.3 Å². The van der Waals surface area contributed by atoms with Gasteiger partial charge in [0.25, 0.3) is 0 Å². The van der Waals surface area contributed by atoms with E-state index in [2.05, 4.69) is 15.9 Å². The van der Waals surface area contributed by atoms with Crippen LogP contribution >= 0.6 is 15.9 Å². The summed E-state index contributed by atoms with van der Waals surface area (Å²) >= 11 is 3.16. The van der Waals surface area contributed by atoms with E-state index in [0.29, 0.717) is 17.6 Å². The van der Waals surface area contributed by atoms with Gasteiger partial charge in [-0.2, -0.15) is 4.31 Å². The van der Waals surface area contributed by atoms with Gasteiger partial charge in [-0.05, 0) is 31.0 Å². The SMILES string of the molecule is O=S(=O)(c1cc(Br)ccc1F)N1CCCCC1. The summed E-state index contributed by atoms with van der Waals surface area (Å²) in [5.41, 5.74) is 0. The number of halogens is 2. The van der Waals surface area contributed by atoms with Crippen LogP contribution in [0.25, 0.3) is 0 Å². The van der Waals surface area contributed by atoms with Crippen LogP contribution in [0.4, 0.5) is 4.39 Å². The highest BCUT2D eigenvalue weighted by atomic mass is 79.9. The Morgan fingerprint density at radius 3 is 2.47 bits per heavy atom. The van der Waals surface area contributed by atoms with Gasteiger partial charge in [-0.3, -0.25) is 0 Å². The van der Waals surface area contributed by atoms with Crippen molar-refractivity contribution >= 4 is 26.0 Å². The van der Waals surface area contributed by atoms with Crippen molar-refractivity contribution in [1.82, 2.24) is 4.31 Å². The summed E-state index contributed by atoms with van der Waals surface area (Å²) in [5, 5.41) is 0. The van der Waals surface area contributed by atoms with Gasteiger partial charge in [-0.1, -0.05) is 22.4 Å². The first-order valence-corrected chi connectivity index (χ1v) is 7.70. The molecular formula is C11H13BrFNO2S. The molecule has 0 N–H and O–H groups in total. The molecule has 0 bridgehead atoms. The number of benzene rings is 1. The van der Waals surface area contributed by atoms with Gasteiger partial charge in [-0.15, -0.1) is 0 Å². The van der Waals surface area contributed by atoms with E-state index in [9.17, 15) is 12.8 Å². The zero-order valence-corrected chi connectivity index (χ0v) is 11.6. The largest absolute Gasteiger partial charge is 0.246 e. The van der Waals surface area contributed by atoms with Gasteiger partial charge in [0.05, 0.1) is 0 Å². The first kappa shape index (κ1) is 13.0. The van der Waals surface area contributed by atoms with Gasteiger partial charge in [0.15, 0.2) is 0 Å². The summed E-state index contributed by atoms with van der Waals surface area (Å²) in [7, 11) is -3.69. The minimum Gasteiger partial charge on any atom is -0.207 e. The smallest absolute Gasteiger partial charge is 0.207 e. The standard InChI is InChI=1S/C11H13BrFNO2S/c12-9-4-5-10(13)11(8-9)17(15,16)14-6-2-1-3-7-14/h4-5,8H,1-3,6-7H2. The second kappa shape index (κ2) is 5.04. The lowest BCUT2D eigenvalue weighted by molar-refractivity contribution is 0.345. The summed E-state index contributed by atoms with van der Waals surface area (Å²) in [6.07, 6.45) is 2.72. The molecule has 1 aromatic rings. The molecule has 0 unspecified atom stereocenters. The number of rotatable bonds is 2. The molecule has 1 aliphatic heterocycles. The van der Waals surface area contributed by atoms with E-state index in [-0.39, 0.29) is 4.90 Å². The number of nitrogens with zero attached hydrogens (tertiary/aromatic N) is 1. The van der Waals surface area contributed by atoms with Crippen LogP contribution in [0.1, 0.15) is 19.3 Å². The molecule has 0 spiro atoms. The van der Waals surface area contributed by atoms with Crippen molar-refractivity contribution in [1.29, 1.82) is 0 Å². The van der Waals surface area contributed by atoms with Gasteiger partial charge >= 0.3 is 0 Å².